The minimum atomic E-state index is -0.457. The summed E-state index contributed by atoms with van der Waals surface area (Å²) in [6.07, 6.45) is 0.109. The summed E-state index contributed by atoms with van der Waals surface area (Å²) in [7, 11) is 3.73. The summed E-state index contributed by atoms with van der Waals surface area (Å²) in [4.78, 5) is 13.9. The van der Waals surface area contributed by atoms with Gasteiger partial charge in [-0.3, -0.25) is 4.79 Å². The van der Waals surface area contributed by atoms with Crippen LogP contribution in [-0.4, -0.2) is 38.1 Å². The van der Waals surface area contributed by atoms with Crippen molar-refractivity contribution >= 4 is 5.91 Å². The monoisotopic (exact) mass is 348 g/mol. The predicted octanol–water partition coefficient (Wildman–Crippen LogP) is 3.15. The molecule has 2 aromatic rings. The second-order valence-electron chi connectivity index (χ2n) is 5.87. The van der Waals surface area contributed by atoms with Crippen LogP contribution in [0, 0.1) is 11.6 Å². The fourth-order valence-electron chi connectivity index (χ4n) is 2.43. The van der Waals surface area contributed by atoms with Crippen molar-refractivity contribution in [1.29, 1.82) is 0 Å². The molecule has 0 saturated carbocycles. The van der Waals surface area contributed by atoms with Gasteiger partial charge in [0.05, 0.1) is 19.1 Å². The van der Waals surface area contributed by atoms with Crippen molar-refractivity contribution in [3.8, 4) is 5.75 Å². The first kappa shape index (κ1) is 18.9. The number of halogens is 2. The summed E-state index contributed by atoms with van der Waals surface area (Å²) >= 11 is 0. The van der Waals surface area contributed by atoms with Crippen LogP contribution in [0.2, 0.25) is 0 Å². The van der Waals surface area contributed by atoms with Gasteiger partial charge in [-0.1, -0.05) is 24.3 Å². The lowest BCUT2D eigenvalue weighted by Crippen LogP contribution is -2.35. The number of likely N-dealkylation sites (N-methyl/N-ethyl adjacent to an activating group) is 1. The van der Waals surface area contributed by atoms with Gasteiger partial charge in [0.15, 0.2) is 11.6 Å². The van der Waals surface area contributed by atoms with Gasteiger partial charge in [0.1, 0.15) is 5.82 Å². The molecule has 0 saturated heterocycles. The molecule has 0 aromatic heterocycles. The number of nitrogens with zero attached hydrogens (tertiary/aromatic N) is 1. The molecule has 0 aliphatic heterocycles. The van der Waals surface area contributed by atoms with Crippen LogP contribution >= 0.6 is 0 Å². The summed E-state index contributed by atoms with van der Waals surface area (Å²) in [6.45, 7) is 0.425. The topological polar surface area (TPSA) is 41.6 Å². The van der Waals surface area contributed by atoms with Crippen molar-refractivity contribution in [3.63, 3.8) is 0 Å². The van der Waals surface area contributed by atoms with Gasteiger partial charge in [0, 0.05) is 6.54 Å². The van der Waals surface area contributed by atoms with Crippen LogP contribution in [0.5, 0.6) is 5.75 Å². The van der Waals surface area contributed by atoms with Crippen molar-refractivity contribution in [2.45, 2.75) is 12.5 Å². The zero-order valence-electron chi connectivity index (χ0n) is 14.3. The number of benzene rings is 2. The lowest BCUT2D eigenvalue weighted by Gasteiger charge is -2.25. The molecule has 0 aliphatic rings. The first-order chi connectivity index (χ1) is 12.0. The van der Waals surface area contributed by atoms with E-state index in [-0.39, 0.29) is 36.5 Å². The Morgan fingerprint density at radius 3 is 2.60 bits per heavy atom. The zero-order chi connectivity index (χ0) is 18.2. The van der Waals surface area contributed by atoms with Gasteiger partial charge >= 0.3 is 0 Å². The van der Waals surface area contributed by atoms with Crippen molar-refractivity contribution in [2.24, 2.45) is 0 Å². The maximum atomic E-state index is 13.4. The van der Waals surface area contributed by atoms with Crippen molar-refractivity contribution in [2.75, 3.05) is 27.2 Å². The molecule has 2 aromatic carbocycles. The van der Waals surface area contributed by atoms with Gasteiger partial charge < -0.3 is 15.0 Å². The molecule has 0 aliphatic carbocycles. The molecular formula is C19H22F2N2O2. The molecule has 0 spiro atoms. The van der Waals surface area contributed by atoms with Gasteiger partial charge in [-0.2, -0.15) is 0 Å². The van der Waals surface area contributed by atoms with Crippen LogP contribution in [0.3, 0.4) is 0 Å². The number of hydrogen-bond acceptors (Lipinski definition) is 3. The molecule has 0 fully saturated rings. The average Bonchev–Trinajstić information content (AvgIpc) is 2.56. The van der Waals surface area contributed by atoms with E-state index in [1.807, 2.05) is 25.1 Å². The van der Waals surface area contributed by atoms with Crippen molar-refractivity contribution in [3.05, 3.63) is 65.7 Å². The van der Waals surface area contributed by atoms with E-state index < -0.39 is 5.82 Å². The smallest absolute Gasteiger partial charge is 0.223 e. The molecule has 0 radical (unpaired) electrons. The Kier molecular flexibility index (Phi) is 6.89. The molecule has 134 valence electrons. The second kappa shape index (κ2) is 9.13. The van der Waals surface area contributed by atoms with Crippen LogP contribution < -0.4 is 10.1 Å². The predicted molar refractivity (Wildman–Crippen MR) is 92.3 cm³/mol. The standard InChI is InChI=1S/C19H22F2N2O2/c1-23(2)17(14-6-5-7-15(20)12-14)13-22-19(24)10-11-25-18-9-4-3-8-16(18)21/h3-9,12,17H,10-11,13H2,1-2H3,(H,22,24). The van der Waals surface area contributed by atoms with E-state index in [9.17, 15) is 13.6 Å². The van der Waals surface area contributed by atoms with Crippen LogP contribution in [0.15, 0.2) is 48.5 Å². The molecule has 4 nitrogen and oxygen atoms in total. The molecule has 25 heavy (non-hydrogen) atoms. The number of rotatable bonds is 8. The molecule has 6 heteroatoms. The number of carbonyl (C=O) groups is 1. The fraction of sp³-hybridized carbons (Fsp3) is 0.316. The average molecular weight is 348 g/mol. The highest BCUT2D eigenvalue weighted by atomic mass is 19.1. The Bertz CT molecular complexity index is 707. The maximum absolute atomic E-state index is 13.4. The zero-order valence-corrected chi connectivity index (χ0v) is 14.3. The van der Waals surface area contributed by atoms with Crippen LogP contribution in [0.1, 0.15) is 18.0 Å². The van der Waals surface area contributed by atoms with Gasteiger partial charge in [0.2, 0.25) is 5.91 Å². The molecule has 2 rings (SSSR count). The Balaban J connectivity index is 1.82. The summed E-state index contributed by atoms with van der Waals surface area (Å²) in [5, 5.41) is 2.81. The highest BCUT2D eigenvalue weighted by Gasteiger charge is 2.16. The lowest BCUT2D eigenvalue weighted by atomic mass is 10.1. The third kappa shape index (κ3) is 5.83. The summed E-state index contributed by atoms with van der Waals surface area (Å²) < 4.78 is 32.1. The number of ether oxygens (including phenoxy) is 1. The molecule has 1 unspecified atom stereocenters. The molecular weight excluding hydrogens is 326 g/mol. The van der Waals surface area contributed by atoms with Gasteiger partial charge in [-0.15, -0.1) is 0 Å². The molecule has 0 heterocycles. The van der Waals surface area contributed by atoms with E-state index >= 15 is 0 Å². The number of hydrogen-bond donors (Lipinski definition) is 1. The number of carbonyl (C=O) groups excluding carboxylic acids is 1. The minimum absolute atomic E-state index is 0.0827. The lowest BCUT2D eigenvalue weighted by molar-refractivity contribution is -0.121. The van der Waals surface area contributed by atoms with Gasteiger partial charge in [-0.25, -0.2) is 8.78 Å². The molecule has 1 N–H and O–H groups in total. The SMILES string of the molecule is CN(C)C(CNC(=O)CCOc1ccccc1F)c1cccc(F)c1. The maximum Gasteiger partial charge on any atom is 0.223 e. The number of nitrogens with one attached hydrogen (secondary N) is 1. The summed E-state index contributed by atoms with van der Waals surface area (Å²) in [5.41, 5.74) is 0.785. The normalized spacial score (nSPS) is 12.0. The van der Waals surface area contributed by atoms with Crippen LogP contribution in [-0.2, 0) is 4.79 Å². The van der Waals surface area contributed by atoms with Crippen LogP contribution in [0.4, 0.5) is 8.78 Å². The van der Waals surface area contributed by atoms with Crippen molar-refractivity contribution < 1.29 is 18.3 Å². The molecule has 0 bridgehead atoms. The first-order valence-electron chi connectivity index (χ1n) is 8.03. The minimum Gasteiger partial charge on any atom is -0.490 e. The van der Waals surface area contributed by atoms with Gasteiger partial charge in [0.25, 0.3) is 0 Å². The second-order valence-corrected chi connectivity index (χ2v) is 5.87. The first-order valence-corrected chi connectivity index (χ1v) is 8.03. The molecule has 1 amide bonds. The molecule has 1 atom stereocenters. The van der Waals surface area contributed by atoms with Crippen molar-refractivity contribution in [1.82, 2.24) is 10.2 Å². The Labute approximate surface area is 146 Å². The van der Waals surface area contributed by atoms with E-state index in [0.29, 0.717) is 6.54 Å². The summed E-state index contributed by atoms with van der Waals surface area (Å²) in [5.74, 6) is -0.850. The fourth-order valence-corrected chi connectivity index (χ4v) is 2.43. The third-order valence-electron chi connectivity index (χ3n) is 3.77. The largest absolute Gasteiger partial charge is 0.490 e. The van der Waals surface area contributed by atoms with E-state index in [4.69, 9.17) is 4.74 Å². The Hall–Kier alpha value is -2.47. The van der Waals surface area contributed by atoms with E-state index in [1.54, 1.807) is 18.2 Å². The van der Waals surface area contributed by atoms with E-state index in [0.717, 1.165) is 5.56 Å². The van der Waals surface area contributed by atoms with E-state index in [2.05, 4.69) is 5.32 Å². The highest BCUT2D eigenvalue weighted by Crippen LogP contribution is 2.18. The number of amides is 1. The third-order valence-corrected chi connectivity index (χ3v) is 3.77. The van der Waals surface area contributed by atoms with Gasteiger partial charge in [-0.05, 0) is 43.9 Å². The quantitative estimate of drug-likeness (QED) is 0.797. The van der Waals surface area contributed by atoms with E-state index in [1.165, 1.54) is 24.3 Å². The highest BCUT2D eigenvalue weighted by molar-refractivity contribution is 5.76. The number of para-hydroxylation sites is 1. The Morgan fingerprint density at radius 2 is 1.92 bits per heavy atom. The summed E-state index contributed by atoms with van der Waals surface area (Å²) in [6, 6.07) is 12.2. The van der Waals surface area contributed by atoms with Crippen LogP contribution in [0.25, 0.3) is 0 Å². The Morgan fingerprint density at radius 1 is 1.16 bits per heavy atom.